The van der Waals surface area contributed by atoms with E-state index in [9.17, 15) is 18.4 Å². The lowest BCUT2D eigenvalue weighted by atomic mass is 10.1. The van der Waals surface area contributed by atoms with Gasteiger partial charge in [0.1, 0.15) is 11.9 Å². The Hall–Kier alpha value is -2.96. The van der Waals surface area contributed by atoms with E-state index < -0.39 is 30.2 Å². The van der Waals surface area contributed by atoms with Gasteiger partial charge in [0.15, 0.2) is 18.2 Å². The van der Waals surface area contributed by atoms with E-state index in [4.69, 9.17) is 4.74 Å². The van der Waals surface area contributed by atoms with Gasteiger partial charge in [0.05, 0.1) is 0 Å². The largest absolute Gasteiger partial charge is 0.481 e. The van der Waals surface area contributed by atoms with Crippen molar-refractivity contribution < 1.29 is 23.1 Å². The first-order valence-corrected chi connectivity index (χ1v) is 9.00. The first-order valence-electron chi connectivity index (χ1n) is 9.00. The van der Waals surface area contributed by atoms with Gasteiger partial charge in [-0.15, -0.1) is 0 Å². The Morgan fingerprint density at radius 3 is 2.21 bits per heavy atom. The van der Waals surface area contributed by atoms with Gasteiger partial charge in [-0.25, -0.2) is 8.78 Å². The molecule has 0 unspecified atom stereocenters. The number of para-hydroxylation sites is 1. The van der Waals surface area contributed by atoms with Crippen molar-refractivity contribution in [3.05, 3.63) is 65.7 Å². The number of carbonyl (C=O) groups is 2. The lowest BCUT2D eigenvalue weighted by Crippen LogP contribution is -2.50. The first-order chi connectivity index (χ1) is 13.3. The van der Waals surface area contributed by atoms with Crippen LogP contribution in [0.2, 0.25) is 0 Å². The molecule has 0 aromatic heterocycles. The lowest BCUT2D eigenvalue weighted by Gasteiger charge is -2.29. The monoisotopic (exact) mass is 390 g/mol. The predicted molar refractivity (Wildman–Crippen MR) is 102 cm³/mol. The van der Waals surface area contributed by atoms with E-state index in [1.165, 1.54) is 29.2 Å². The molecular weight excluding hydrogens is 366 g/mol. The second kappa shape index (κ2) is 9.82. The molecule has 28 heavy (non-hydrogen) atoms. The predicted octanol–water partition coefficient (Wildman–Crippen LogP) is 3.29. The van der Waals surface area contributed by atoms with Crippen LogP contribution in [0.1, 0.15) is 26.3 Å². The molecule has 0 aliphatic heterocycles. The number of hydrogen-bond acceptors (Lipinski definition) is 3. The van der Waals surface area contributed by atoms with Crippen LogP contribution in [0.15, 0.2) is 48.5 Å². The van der Waals surface area contributed by atoms with Crippen LogP contribution in [-0.4, -0.2) is 35.4 Å². The number of nitrogens with one attached hydrogen (secondary N) is 1. The molecule has 2 aromatic rings. The zero-order valence-corrected chi connectivity index (χ0v) is 16.1. The van der Waals surface area contributed by atoms with Crippen LogP contribution < -0.4 is 10.1 Å². The van der Waals surface area contributed by atoms with Crippen LogP contribution in [0.5, 0.6) is 5.75 Å². The van der Waals surface area contributed by atoms with E-state index in [1.807, 2.05) is 0 Å². The summed E-state index contributed by atoms with van der Waals surface area (Å²) in [6.45, 7) is 4.57. The molecule has 7 heteroatoms. The highest BCUT2D eigenvalue weighted by Crippen LogP contribution is 2.17. The molecule has 1 atom stereocenters. The van der Waals surface area contributed by atoms with Gasteiger partial charge in [-0.05, 0) is 39.0 Å². The van der Waals surface area contributed by atoms with Crippen molar-refractivity contribution in [1.29, 1.82) is 0 Å². The number of ether oxygens (including phenoxy) is 1. The van der Waals surface area contributed by atoms with Crippen LogP contribution >= 0.6 is 0 Å². The minimum absolute atomic E-state index is 0.0685. The highest BCUT2D eigenvalue weighted by atomic mass is 19.1. The first kappa shape index (κ1) is 21.3. The zero-order chi connectivity index (χ0) is 20.7. The summed E-state index contributed by atoms with van der Waals surface area (Å²) in [5, 5.41) is 2.73. The van der Waals surface area contributed by atoms with Crippen LogP contribution in [-0.2, 0) is 16.1 Å². The number of benzene rings is 2. The number of rotatable bonds is 8. The van der Waals surface area contributed by atoms with E-state index in [1.54, 1.807) is 45.0 Å². The molecule has 2 aromatic carbocycles. The fourth-order valence-corrected chi connectivity index (χ4v) is 2.58. The quantitative estimate of drug-likeness (QED) is 0.753. The van der Waals surface area contributed by atoms with E-state index in [0.29, 0.717) is 0 Å². The average molecular weight is 390 g/mol. The minimum atomic E-state index is -0.862. The van der Waals surface area contributed by atoms with E-state index in [0.717, 1.165) is 0 Å². The number of halogens is 2. The maximum atomic E-state index is 14.1. The number of hydrogen-bond donors (Lipinski definition) is 1. The number of carbonyl (C=O) groups excluding carboxylic acids is 2. The van der Waals surface area contributed by atoms with Crippen molar-refractivity contribution in [3.63, 3.8) is 0 Å². The zero-order valence-electron chi connectivity index (χ0n) is 16.1. The van der Waals surface area contributed by atoms with Crippen molar-refractivity contribution in [3.8, 4) is 5.75 Å². The topological polar surface area (TPSA) is 58.6 Å². The van der Waals surface area contributed by atoms with Gasteiger partial charge in [0.2, 0.25) is 5.91 Å². The molecule has 0 fully saturated rings. The second-order valence-electron chi connectivity index (χ2n) is 6.67. The average Bonchev–Trinajstić information content (AvgIpc) is 2.65. The third-order valence-corrected chi connectivity index (χ3v) is 4.08. The summed E-state index contributed by atoms with van der Waals surface area (Å²) in [6.07, 6.45) is 0. The Kier molecular flexibility index (Phi) is 7.49. The Labute approximate surface area is 163 Å². The summed E-state index contributed by atoms with van der Waals surface area (Å²) >= 11 is 0. The Morgan fingerprint density at radius 2 is 1.61 bits per heavy atom. The van der Waals surface area contributed by atoms with E-state index in [2.05, 4.69) is 5.32 Å². The van der Waals surface area contributed by atoms with E-state index >= 15 is 0 Å². The van der Waals surface area contributed by atoms with Gasteiger partial charge in [0, 0.05) is 18.2 Å². The van der Waals surface area contributed by atoms with Crippen LogP contribution in [0.4, 0.5) is 8.78 Å². The van der Waals surface area contributed by atoms with Crippen LogP contribution in [0.3, 0.4) is 0 Å². The maximum absolute atomic E-state index is 14.1. The van der Waals surface area contributed by atoms with Crippen molar-refractivity contribution in [2.45, 2.75) is 39.4 Å². The summed E-state index contributed by atoms with van der Waals surface area (Å²) in [5.41, 5.74) is 0.269. The molecule has 150 valence electrons. The van der Waals surface area contributed by atoms with Crippen LogP contribution in [0, 0.1) is 11.6 Å². The van der Waals surface area contributed by atoms with Crippen molar-refractivity contribution >= 4 is 11.8 Å². The van der Waals surface area contributed by atoms with Crippen molar-refractivity contribution in [2.24, 2.45) is 0 Å². The molecule has 5 nitrogen and oxygen atoms in total. The molecule has 0 saturated heterocycles. The molecule has 0 bridgehead atoms. The molecule has 2 amide bonds. The molecule has 0 heterocycles. The van der Waals surface area contributed by atoms with Gasteiger partial charge < -0.3 is 15.0 Å². The normalized spacial score (nSPS) is 11.8. The van der Waals surface area contributed by atoms with E-state index in [-0.39, 0.29) is 29.8 Å². The standard InChI is InChI=1S/C21H24F2N2O3/c1-14(2)24-21(27)15(3)25(12-16-8-4-5-9-17(16)22)20(26)13-28-19-11-7-6-10-18(19)23/h4-11,14-15H,12-13H2,1-3H3,(H,24,27)/t15-/m1/s1. The summed E-state index contributed by atoms with van der Waals surface area (Å²) in [6, 6.07) is 10.7. The van der Waals surface area contributed by atoms with Gasteiger partial charge in [-0.3, -0.25) is 9.59 Å². The summed E-state index contributed by atoms with van der Waals surface area (Å²) in [5.74, 6) is -2.07. The Balaban J connectivity index is 2.18. The molecule has 0 radical (unpaired) electrons. The fraction of sp³-hybridized carbons (Fsp3) is 0.333. The molecule has 0 spiro atoms. The number of amides is 2. The van der Waals surface area contributed by atoms with Gasteiger partial charge in [0.25, 0.3) is 5.91 Å². The third kappa shape index (κ3) is 5.77. The Bertz CT molecular complexity index is 827. The Morgan fingerprint density at radius 1 is 1.00 bits per heavy atom. The molecule has 2 rings (SSSR count). The third-order valence-electron chi connectivity index (χ3n) is 4.08. The van der Waals surface area contributed by atoms with Gasteiger partial charge in [-0.2, -0.15) is 0 Å². The van der Waals surface area contributed by atoms with Crippen molar-refractivity contribution in [2.75, 3.05) is 6.61 Å². The van der Waals surface area contributed by atoms with Gasteiger partial charge in [-0.1, -0.05) is 30.3 Å². The molecular formula is C21H24F2N2O3. The maximum Gasteiger partial charge on any atom is 0.261 e. The summed E-state index contributed by atoms with van der Waals surface area (Å²) < 4.78 is 33.0. The fourth-order valence-electron chi connectivity index (χ4n) is 2.58. The molecule has 0 saturated carbocycles. The summed E-state index contributed by atoms with van der Waals surface area (Å²) in [7, 11) is 0. The minimum Gasteiger partial charge on any atom is -0.481 e. The SMILES string of the molecule is CC(C)NC(=O)[C@@H](C)N(Cc1ccccc1F)C(=O)COc1ccccc1F. The second-order valence-corrected chi connectivity index (χ2v) is 6.67. The summed E-state index contributed by atoms with van der Waals surface area (Å²) in [4.78, 5) is 26.4. The highest BCUT2D eigenvalue weighted by Gasteiger charge is 2.27. The molecule has 1 N–H and O–H groups in total. The lowest BCUT2D eigenvalue weighted by molar-refractivity contribution is -0.142. The molecule has 0 aliphatic rings. The van der Waals surface area contributed by atoms with Gasteiger partial charge >= 0.3 is 0 Å². The molecule has 0 aliphatic carbocycles. The highest BCUT2D eigenvalue weighted by molar-refractivity contribution is 5.88. The van der Waals surface area contributed by atoms with Crippen LogP contribution in [0.25, 0.3) is 0 Å². The van der Waals surface area contributed by atoms with Crippen molar-refractivity contribution in [1.82, 2.24) is 10.2 Å². The number of nitrogens with zero attached hydrogens (tertiary/aromatic N) is 1. The smallest absolute Gasteiger partial charge is 0.261 e.